The first-order valence-corrected chi connectivity index (χ1v) is 7.81. The maximum Gasteiger partial charge on any atom is 0.328 e. The van der Waals surface area contributed by atoms with E-state index in [1.54, 1.807) is 24.3 Å². The number of rotatable bonds is 5. The van der Waals surface area contributed by atoms with E-state index in [-0.39, 0.29) is 4.91 Å². The Balaban J connectivity index is 2.30. The van der Waals surface area contributed by atoms with Crippen LogP contribution in [0.2, 0.25) is 0 Å². The normalized spacial score (nSPS) is 17.2. The monoisotopic (exact) mass is 351 g/mol. The topological polar surface area (TPSA) is 82.1 Å². The van der Waals surface area contributed by atoms with Crippen LogP contribution >= 0.6 is 11.8 Å². The Labute approximate surface area is 143 Å². The zero-order valence-electron chi connectivity index (χ0n) is 13.7. The third-order valence-electron chi connectivity index (χ3n) is 3.46. The molecule has 1 aliphatic rings. The van der Waals surface area contributed by atoms with Crippen LogP contribution < -0.4 is 9.47 Å². The van der Waals surface area contributed by atoms with Gasteiger partial charge in [-0.05, 0) is 42.5 Å². The number of benzene rings is 1. The molecule has 0 spiro atoms. The average molecular weight is 351 g/mol. The van der Waals surface area contributed by atoms with Crippen LogP contribution in [0.25, 0.3) is 6.08 Å². The van der Waals surface area contributed by atoms with Gasteiger partial charge in [-0.25, -0.2) is 4.79 Å². The Morgan fingerprint density at radius 3 is 2.42 bits per heavy atom. The van der Waals surface area contributed by atoms with Gasteiger partial charge < -0.3 is 14.2 Å². The molecule has 7 nitrogen and oxygen atoms in total. The molecule has 1 heterocycles. The second kappa shape index (κ2) is 7.39. The third kappa shape index (κ3) is 3.38. The average Bonchev–Trinajstić information content (AvgIpc) is 2.86. The molecule has 0 unspecified atom stereocenters. The molecule has 0 saturated carbocycles. The van der Waals surface area contributed by atoms with E-state index in [9.17, 15) is 14.4 Å². The zero-order chi connectivity index (χ0) is 17.9. The molecule has 0 radical (unpaired) electrons. The number of methoxy groups -OCH3 is 3. The summed E-state index contributed by atoms with van der Waals surface area (Å²) in [5.74, 6) is -0.113. The van der Waals surface area contributed by atoms with Gasteiger partial charge >= 0.3 is 5.97 Å². The number of hydrogen-bond donors (Lipinski definition) is 0. The van der Waals surface area contributed by atoms with Crippen LogP contribution in [0, 0.1) is 0 Å². The third-order valence-corrected chi connectivity index (χ3v) is 4.34. The van der Waals surface area contributed by atoms with Gasteiger partial charge in [0.05, 0.1) is 26.2 Å². The van der Waals surface area contributed by atoms with E-state index in [0.717, 1.165) is 16.7 Å². The first-order valence-electron chi connectivity index (χ1n) is 6.99. The lowest BCUT2D eigenvalue weighted by atomic mass is 10.1. The summed E-state index contributed by atoms with van der Waals surface area (Å²) in [5.41, 5.74) is 0.670. The number of carbonyl (C=O) groups is 3. The van der Waals surface area contributed by atoms with Gasteiger partial charge in [0.15, 0.2) is 11.5 Å². The van der Waals surface area contributed by atoms with Crippen molar-refractivity contribution in [2.75, 3.05) is 21.3 Å². The lowest BCUT2D eigenvalue weighted by Gasteiger charge is -2.18. The van der Waals surface area contributed by atoms with Crippen LogP contribution in [0.15, 0.2) is 23.1 Å². The molecule has 8 heteroatoms. The summed E-state index contributed by atoms with van der Waals surface area (Å²) in [5, 5.41) is -0.510. The molecule has 0 N–H and O–H groups in total. The Morgan fingerprint density at radius 2 is 1.83 bits per heavy atom. The predicted octanol–water partition coefficient (Wildman–Crippen LogP) is 2.30. The summed E-state index contributed by atoms with van der Waals surface area (Å²) in [7, 11) is 4.24. The molecule has 1 aliphatic heterocycles. The van der Waals surface area contributed by atoms with Gasteiger partial charge in [-0.3, -0.25) is 14.5 Å². The van der Waals surface area contributed by atoms with Crippen molar-refractivity contribution in [1.29, 1.82) is 0 Å². The van der Waals surface area contributed by atoms with Crippen molar-refractivity contribution < 1.29 is 28.6 Å². The molecule has 1 atom stereocenters. The van der Waals surface area contributed by atoms with E-state index in [0.29, 0.717) is 17.1 Å². The molecule has 1 fully saturated rings. The predicted molar refractivity (Wildman–Crippen MR) is 88.8 cm³/mol. The first kappa shape index (κ1) is 17.9. The molecule has 1 aromatic carbocycles. The van der Waals surface area contributed by atoms with Crippen LogP contribution in [0.4, 0.5) is 4.79 Å². The molecule has 2 rings (SSSR count). The standard InChI is InChI=1S/C16H17NO6S/c1-9(15(19)23-4)17-14(18)13(24-16(17)20)8-10-5-6-11(21-2)12(7-10)22-3/h5-9H,1-4H3/b13-8+/t9-/m0/s1. The molecule has 2 amide bonds. The van der Waals surface area contributed by atoms with Crippen molar-refractivity contribution in [2.24, 2.45) is 0 Å². The SMILES string of the molecule is COC(=O)[C@H](C)N1C(=O)S/C(=C/c2ccc(OC)c(OC)c2)C1=O. The highest BCUT2D eigenvalue weighted by molar-refractivity contribution is 8.18. The molecule has 1 saturated heterocycles. The highest BCUT2D eigenvalue weighted by atomic mass is 32.2. The Kier molecular flexibility index (Phi) is 5.50. The first-order chi connectivity index (χ1) is 11.4. The lowest BCUT2D eigenvalue weighted by molar-refractivity contribution is -0.148. The lowest BCUT2D eigenvalue weighted by Crippen LogP contribution is -2.42. The van der Waals surface area contributed by atoms with E-state index >= 15 is 0 Å². The quantitative estimate of drug-likeness (QED) is 0.594. The molecule has 0 aromatic heterocycles. The summed E-state index contributed by atoms with van der Waals surface area (Å²) in [6, 6.07) is 4.15. The zero-order valence-corrected chi connectivity index (χ0v) is 14.5. The smallest absolute Gasteiger partial charge is 0.328 e. The highest BCUT2D eigenvalue weighted by Crippen LogP contribution is 2.35. The molecule has 1 aromatic rings. The number of imide groups is 1. The summed E-state index contributed by atoms with van der Waals surface area (Å²) in [4.78, 5) is 37.2. The van der Waals surface area contributed by atoms with Crippen molar-refractivity contribution in [3.63, 3.8) is 0 Å². The largest absolute Gasteiger partial charge is 0.493 e. The van der Waals surface area contributed by atoms with Gasteiger partial charge in [-0.15, -0.1) is 0 Å². The van der Waals surface area contributed by atoms with Crippen LogP contribution in [0.5, 0.6) is 11.5 Å². The molecule has 24 heavy (non-hydrogen) atoms. The van der Waals surface area contributed by atoms with E-state index in [1.807, 2.05) is 0 Å². The fourth-order valence-corrected chi connectivity index (χ4v) is 3.09. The van der Waals surface area contributed by atoms with Crippen molar-refractivity contribution >= 4 is 35.0 Å². The minimum absolute atomic E-state index is 0.225. The number of esters is 1. The number of carbonyl (C=O) groups excluding carboxylic acids is 3. The Hall–Kier alpha value is -2.48. The van der Waals surface area contributed by atoms with Gasteiger partial charge in [0, 0.05) is 0 Å². The summed E-state index contributed by atoms with van der Waals surface area (Å²) < 4.78 is 15.0. The van der Waals surface area contributed by atoms with Gasteiger partial charge in [-0.1, -0.05) is 6.07 Å². The summed E-state index contributed by atoms with van der Waals surface area (Å²) in [6.07, 6.45) is 1.57. The van der Waals surface area contributed by atoms with Crippen molar-refractivity contribution in [3.05, 3.63) is 28.7 Å². The fraction of sp³-hybridized carbons (Fsp3) is 0.312. The van der Waals surface area contributed by atoms with E-state index in [1.165, 1.54) is 28.3 Å². The Morgan fingerprint density at radius 1 is 1.17 bits per heavy atom. The minimum atomic E-state index is -0.973. The molecule has 0 aliphatic carbocycles. The number of hydrogen-bond acceptors (Lipinski definition) is 7. The van der Waals surface area contributed by atoms with Crippen molar-refractivity contribution in [3.8, 4) is 11.5 Å². The summed E-state index contributed by atoms with van der Waals surface area (Å²) in [6.45, 7) is 1.45. The van der Waals surface area contributed by atoms with Crippen LogP contribution in [0.3, 0.4) is 0 Å². The van der Waals surface area contributed by atoms with E-state index in [4.69, 9.17) is 9.47 Å². The van der Waals surface area contributed by atoms with Crippen molar-refractivity contribution in [1.82, 2.24) is 4.90 Å². The maximum atomic E-state index is 12.4. The van der Waals surface area contributed by atoms with Gasteiger partial charge in [-0.2, -0.15) is 0 Å². The number of amides is 2. The minimum Gasteiger partial charge on any atom is -0.493 e. The van der Waals surface area contributed by atoms with Gasteiger partial charge in [0.25, 0.3) is 11.1 Å². The summed E-state index contributed by atoms with van der Waals surface area (Å²) >= 11 is 0.775. The van der Waals surface area contributed by atoms with Crippen LogP contribution in [-0.2, 0) is 14.3 Å². The molecule has 128 valence electrons. The van der Waals surface area contributed by atoms with Gasteiger partial charge in [0.1, 0.15) is 6.04 Å². The molecule has 0 bridgehead atoms. The van der Waals surface area contributed by atoms with E-state index in [2.05, 4.69) is 4.74 Å². The van der Waals surface area contributed by atoms with Gasteiger partial charge in [0.2, 0.25) is 0 Å². The number of nitrogens with zero attached hydrogens (tertiary/aromatic N) is 1. The molecular formula is C16H17NO6S. The van der Waals surface area contributed by atoms with Crippen LogP contribution in [-0.4, -0.2) is 49.4 Å². The molecular weight excluding hydrogens is 334 g/mol. The second-order valence-corrected chi connectivity index (χ2v) is 5.86. The Bertz CT molecular complexity index is 715. The second-order valence-electron chi connectivity index (χ2n) is 4.87. The van der Waals surface area contributed by atoms with Crippen LogP contribution in [0.1, 0.15) is 12.5 Å². The van der Waals surface area contributed by atoms with Crippen molar-refractivity contribution in [2.45, 2.75) is 13.0 Å². The fourth-order valence-electron chi connectivity index (χ4n) is 2.18. The number of ether oxygens (including phenoxy) is 3. The maximum absolute atomic E-state index is 12.4. The highest BCUT2D eigenvalue weighted by Gasteiger charge is 2.41. The number of thioether (sulfide) groups is 1. The van der Waals surface area contributed by atoms with E-state index < -0.39 is 23.2 Å².